The summed E-state index contributed by atoms with van der Waals surface area (Å²) in [5.74, 6) is 0. The van der Waals surface area contributed by atoms with Crippen LogP contribution in [0.2, 0.25) is 19.1 Å². The van der Waals surface area contributed by atoms with Crippen LogP contribution in [0.5, 0.6) is 0 Å². The van der Waals surface area contributed by atoms with Crippen LogP contribution in [0.15, 0.2) is 12.7 Å². The second-order valence-electron chi connectivity index (χ2n) is 3.30. The maximum atomic E-state index is 3.75. The van der Waals surface area contributed by atoms with E-state index in [2.05, 4.69) is 31.6 Å². The standard InChI is InChI=1S/C8H19NSi/c1-5-7-9-10(3,4)8-6-2/h6,9H,2,5,7-8H2,1,3-4H3. The normalized spacial score (nSPS) is 11.5. The van der Waals surface area contributed by atoms with E-state index in [-0.39, 0.29) is 0 Å². The van der Waals surface area contributed by atoms with Gasteiger partial charge in [-0.15, -0.1) is 6.58 Å². The minimum atomic E-state index is -1.09. The zero-order valence-corrected chi connectivity index (χ0v) is 8.41. The average Bonchev–Trinajstić information content (AvgIpc) is 1.84. The molecule has 0 saturated carbocycles. The first-order chi connectivity index (χ1) is 4.62. The molecule has 0 aliphatic rings. The molecule has 60 valence electrons. The van der Waals surface area contributed by atoms with E-state index in [0.717, 1.165) is 6.54 Å². The van der Waals surface area contributed by atoms with Gasteiger partial charge in [-0.3, -0.25) is 0 Å². The first kappa shape index (κ1) is 9.92. The molecule has 0 aromatic rings. The van der Waals surface area contributed by atoms with Crippen LogP contribution in [0, 0.1) is 0 Å². The summed E-state index contributed by atoms with van der Waals surface area (Å²) in [5, 5.41) is 0. The SMILES string of the molecule is C=CC[Si](C)(C)NCCC. The van der Waals surface area contributed by atoms with Crippen LogP contribution in [0.1, 0.15) is 13.3 Å². The molecular weight excluding hydrogens is 138 g/mol. The molecule has 0 aliphatic carbocycles. The van der Waals surface area contributed by atoms with Gasteiger partial charge < -0.3 is 4.98 Å². The van der Waals surface area contributed by atoms with Gasteiger partial charge in [0.15, 0.2) is 0 Å². The van der Waals surface area contributed by atoms with E-state index < -0.39 is 8.24 Å². The van der Waals surface area contributed by atoms with Gasteiger partial charge in [0.05, 0.1) is 0 Å². The highest BCUT2D eigenvalue weighted by Gasteiger charge is 2.16. The molecule has 0 spiro atoms. The molecule has 0 heterocycles. The predicted molar refractivity (Wildman–Crippen MR) is 50.8 cm³/mol. The summed E-state index contributed by atoms with van der Waals surface area (Å²) < 4.78 is 0. The lowest BCUT2D eigenvalue weighted by Crippen LogP contribution is -2.44. The lowest BCUT2D eigenvalue weighted by molar-refractivity contribution is 0.837. The van der Waals surface area contributed by atoms with E-state index in [1.165, 1.54) is 12.5 Å². The zero-order valence-electron chi connectivity index (χ0n) is 7.41. The molecule has 0 bridgehead atoms. The van der Waals surface area contributed by atoms with E-state index in [1.54, 1.807) is 0 Å². The fourth-order valence-electron chi connectivity index (χ4n) is 0.896. The minimum absolute atomic E-state index is 1.09. The maximum Gasteiger partial charge on any atom is 0.123 e. The lowest BCUT2D eigenvalue weighted by Gasteiger charge is -2.21. The van der Waals surface area contributed by atoms with Crippen LogP contribution in [0.4, 0.5) is 0 Å². The number of hydrogen-bond donors (Lipinski definition) is 1. The van der Waals surface area contributed by atoms with Crippen molar-refractivity contribution in [3.63, 3.8) is 0 Å². The third-order valence-electron chi connectivity index (χ3n) is 1.51. The van der Waals surface area contributed by atoms with Gasteiger partial charge in [0.25, 0.3) is 0 Å². The molecule has 0 atom stereocenters. The van der Waals surface area contributed by atoms with Crippen LogP contribution in [-0.4, -0.2) is 14.8 Å². The molecule has 0 rings (SSSR count). The summed E-state index contributed by atoms with van der Waals surface area (Å²) in [5.41, 5.74) is 0. The molecule has 0 saturated heterocycles. The second kappa shape index (κ2) is 4.69. The largest absolute Gasteiger partial charge is 0.337 e. The minimum Gasteiger partial charge on any atom is -0.337 e. The monoisotopic (exact) mass is 157 g/mol. The molecule has 0 unspecified atom stereocenters. The Bertz CT molecular complexity index is 99.4. The molecule has 0 aliphatic heterocycles. The Labute approximate surface area is 65.6 Å². The Morgan fingerprint density at radius 1 is 1.50 bits per heavy atom. The van der Waals surface area contributed by atoms with Gasteiger partial charge in [-0.05, 0) is 19.0 Å². The van der Waals surface area contributed by atoms with Gasteiger partial charge in [-0.2, -0.15) is 0 Å². The van der Waals surface area contributed by atoms with E-state index in [4.69, 9.17) is 0 Å². The first-order valence-corrected chi connectivity index (χ1v) is 7.19. The fourth-order valence-corrected chi connectivity index (χ4v) is 2.69. The van der Waals surface area contributed by atoms with Crippen LogP contribution in [0.25, 0.3) is 0 Å². The summed E-state index contributed by atoms with van der Waals surface area (Å²) in [6.07, 6.45) is 3.25. The summed E-state index contributed by atoms with van der Waals surface area (Å²) in [7, 11) is -1.09. The Kier molecular flexibility index (Phi) is 4.65. The molecular formula is C8H19NSi. The Morgan fingerprint density at radius 3 is 2.50 bits per heavy atom. The number of rotatable bonds is 5. The molecule has 0 aromatic carbocycles. The maximum absolute atomic E-state index is 3.75. The molecule has 0 fully saturated rings. The molecule has 0 aromatic heterocycles. The van der Waals surface area contributed by atoms with Crippen LogP contribution < -0.4 is 4.98 Å². The van der Waals surface area contributed by atoms with Crippen molar-refractivity contribution in [2.45, 2.75) is 32.5 Å². The van der Waals surface area contributed by atoms with Crippen molar-refractivity contribution < 1.29 is 0 Å². The van der Waals surface area contributed by atoms with Gasteiger partial charge >= 0.3 is 0 Å². The highest BCUT2D eigenvalue weighted by atomic mass is 28.3. The summed E-state index contributed by atoms with van der Waals surface area (Å²) in [4.78, 5) is 3.58. The molecule has 2 heteroatoms. The summed E-state index contributed by atoms with van der Waals surface area (Å²) >= 11 is 0. The van der Waals surface area contributed by atoms with E-state index in [1.807, 2.05) is 6.08 Å². The third kappa shape index (κ3) is 4.76. The van der Waals surface area contributed by atoms with Crippen LogP contribution in [0.3, 0.4) is 0 Å². The Balaban J connectivity index is 3.51. The Morgan fingerprint density at radius 2 is 2.10 bits per heavy atom. The molecule has 0 amide bonds. The fraction of sp³-hybridized carbons (Fsp3) is 0.750. The highest BCUT2D eigenvalue weighted by molar-refractivity contribution is 6.75. The van der Waals surface area contributed by atoms with Crippen LogP contribution >= 0.6 is 0 Å². The van der Waals surface area contributed by atoms with Crippen molar-refractivity contribution in [2.24, 2.45) is 0 Å². The van der Waals surface area contributed by atoms with Gasteiger partial charge in [-0.25, -0.2) is 0 Å². The van der Waals surface area contributed by atoms with Gasteiger partial charge in [0.2, 0.25) is 0 Å². The number of nitrogens with one attached hydrogen (secondary N) is 1. The molecule has 10 heavy (non-hydrogen) atoms. The molecule has 1 nitrogen and oxygen atoms in total. The first-order valence-electron chi connectivity index (χ1n) is 3.98. The van der Waals surface area contributed by atoms with Crippen molar-refractivity contribution in [1.29, 1.82) is 0 Å². The third-order valence-corrected chi connectivity index (χ3v) is 4.02. The zero-order chi connectivity index (χ0) is 8.04. The van der Waals surface area contributed by atoms with E-state index in [0.29, 0.717) is 0 Å². The average molecular weight is 157 g/mol. The van der Waals surface area contributed by atoms with E-state index in [9.17, 15) is 0 Å². The summed E-state index contributed by atoms with van der Waals surface area (Å²) in [6.45, 7) is 11.8. The number of allylic oxidation sites excluding steroid dienone is 1. The van der Waals surface area contributed by atoms with Gasteiger partial charge in [-0.1, -0.05) is 26.1 Å². The van der Waals surface area contributed by atoms with Crippen molar-refractivity contribution in [2.75, 3.05) is 6.54 Å². The smallest absolute Gasteiger partial charge is 0.123 e. The summed E-state index contributed by atoms with van der Waals surface area (Å²) in [6, 6.07) is 1.17. The van der Waals surface area contributed by atoms with Crippen molar-refractivity contribution in [1.82, 2.24) is 4.98 Å². The predicted octanol–water partition coefficient (Wildman–Crippen LogP) is 2.38. The highest BCUT2D eigenvalue weighted by Crippen LogP contribution is 2.04. The lowest BCUT2D eigenvalue weighted by atomic mass is 10.5. The van der Waals surface area contributed by atoms with E-state index >= 15 is 0 Å². The van der Waals surface area contributed by atoms with Gasteiger partial charge in [0.1, 0.15) is 8.24 Å². The van der Waals surface area contributed by atoms with Crippen molar-refractivity contribution in [3.8, 4) is 0 Å². The Hall–Kier alpha value is -0.0831. The topological polar surface area (TPSA) is 12.0 Å². The number of hydrogen-bond acceptors (Lipinski definition) is 1. The van der Waals surface area contributed by atoms with Crippen molar-refractivity contribution >= 4 is 8.24 Å². The quantitative estimate of drug-likeness (QED) is 0.477. The molecule has 0 radical (unpaired) electrons. The van der Waals surface area contributed by atoms with Crippen LogP contribution in [-0.2, 0) is 0 Å². The van der Waals surface area contributed by atoms with Crippen molar-refractivity contribution in [3.05, 3.63) is 12.7 Å². The second-order valence-corrected chi connectivity index (χ2v) is 7.83. The molecule has 1 N–H and O–H groups in total. The van der Waals surface area contributed by atoms with Gasteiger partial charge in [0, 0.05) is 0 Å².